The van der Waals surface area contributed by atoms with Crippen molar-refractivity contribution in [2.45, 2.75) is 13.2 Å². The molecule has 0 atom stereocenters. The molecule has 0 heterocycles. The molecular formula is C13H17F2NO2. The normalized spacial score (nSPS) is 10.9. The Morgan fingerprint density at radius 3 is 2.83 bits per heavy atom. The summed E-state index contributed by atoms with van der Waals surface area (Å²) in [6.45, 7) is 2.54. The second-order valence-corrected chi connectivity index (χ2v) is 3.77. The molecule has 0 unspecified atom stereocenters. The summed E-state index contributed by atoms with van der Waals surface area (Å²) in [7, 11) is 0. The summed E-state index contributed by atoms with van der Waals surface area (Å²) in [5.41, 5.74) is 0.850. The minimum atomic E-state index is -2.82. The van der Waals surface area contributed by atoms with Gasteiger partial charge in [0.1, 0.15) is 5.75 Å². The van der Waals surface area contributed by atoms with E-state index in [-0.39, 0.29) is 12.4 Å². The number of aliphatic hydroxyl groups is 1. The summed E-state index contributed by atoms with van der Waals surface area (Å²) in [6, 6.07) is 6.54. The molecule has 0 radical (unpaired) electrons. The Kier molecular flexibility index (Phi) is 6.32. The number of nitrogens with zero attached hydrogens (tertiary/aromatic N) is 1. The van der Waals surface area contributed by atoms with Gasteiger partial charge < -0.3 is 9.84 Å². The number of hydrogen-bond donors (Lipinski definition) is 1. The zero-order chi connectivity index (χ0) is 13.4. The topological polar surface area (TPSA) is 32.7 Å². The van der Waals surface area contributed by atoms with Crippen LogP contribution in [0.5, 0.6) is 5.75 Å². The second kappa shape index (κ2) is 7.79. The van der Waals surface area contributed by atoms with Gasteiger partial charge in [-0.1, -0.05) is 18.2 Å². The zero-order valence-electron chi connectivity index (χ0n) is 10.1. The molecule has 0 aliphatic carbocycles. The van der Waals surface area contributed by atoms with Gasteiger partial charge in [-0.25, -0.2) is 0 Å². The highest BCUT2D eigenvalue weighted by molar-refractivity contribution is 5.28. The molecule has 0 saturated carbocycles. The van der Waals surface area contributed by atoms with Crippen LogP contribution in [-0.2, 0) is 6.54 Å². The quantitative estimate of drug-likeness (QED) is 0.725. The number of aliphatic hydroxyl groups excluding tert-OH is 1. The van der Waals surface area contributed by atoms with Gasteiger partial charge in [0.15, 0.2) is 0 Å². The lowest BCUT2D eigenvalue weighted by Crippen LogP contribution is -2.26. The summed E-state index contributed by atoms with van der Waals surface area (Å²) >= 11 is 0. The first-order valence-electron chi connectivity index (χ1n) is 5.63. The van der Waals surface area contributed by atoms with E-state index in [1.54, 1.807) is 18.2 Å². The predicted octanol–water partition coefficient (Wildman–Crippen LogP) is 2.27. The van der Waals surface area contributed by atoms with Crippen molar-refractivity contribution >= 4 is 0 Å². The zero-order valence-corrected chi connectivity index (χ0v) is 10.1. The van der Waals surface area contributed by atoms with Crippen LogP contribution in [0.4, 0.5) is 8.78 Å². The van der Waals surface area contributed by atoms with Gasteiger partial charge >= 0.3 is 6.61 Å². The van der Waals surface area contributed by atoms with Crippen LogP contribution < -0.4 is 4.74 Å². The van der Waals surface area contributed by atoms with E-state index in [9.17, 15) is 8.78 Å². The van der Waals surface area contributed by atoms with E-state index in [1.165, 1.54) is 6.07 Å². The van der Waals surface area contributed by atoms with Crippen LogP contribution in [0.25, 0.3) is 0 Å². The van der Waals surface area contributed by atoms with Crippen molar-refractivity contribution in [2.75, 3.05) is 19.7 Å². The van der Waals surface area contributed by atoms with Crippen LogP contribution in [0.2, 0.25) is 0 Å². The molecule has 0 aliphatic rings. The summed E-state index contributed by atoms with van der Waals surface area (Å²) in [5.74, 6) is 0.144. The van der Waals surface area contributed by atoms with E-state index in [1.807, 2.05) is 11.0 Å². The maximum Gasteiger partial charge on any atom is 0.387 e. The van der Waals surface area contributed by atoms with Crippen LogP contribution in [-0.4, -0.2) is 36.3 Å². The van der Waals surface area contributed by atoms with Gasteiger partial charge in [0.05, 0.1) is 6.61 Å². The summed E-state index contributed by atoms with van der Waals surface area (Å²) in [4.78, 5) is 1.95. The van der Waals surface area contributed by atoms with Crippen LogP contribution in [0.1, 0.15) is 5.56 Å². The predicted molar refractivity (Wildman–Crippen MR) is 65.6 cm³/mol. The third-order valence-corrected chi connectivity index (χ3v) is 2.33. The summed E-state index contributed by atoms with van der Waals surface area (Å²) in [5, 5.41) is 8.92. The van der Waals surface area contributed by atoms with E-state index >= 15 is 0 Å². The standard InChI is InChI=1S/C13H17F2NO2/c1-2-6-16(7-8-17)10-11-4-3-5-12(9-11)18-13(14)15/h2-5,9,13,17H,1,6-8,10H2. The number of rotatable bonds is 8. The lowest BCUT2D eigenvalue weighted by Gasteiger charge is -2.19. The molecule has 0 bridgehead atoms. The largest absolute Gasteiger partial charge is 0.435 e. The van der Waals surface area contributed by atoms with Crippen molar-refractivity contribution in [3.63, 3.8) is 0 Å². The van der Waals surface area contributed by atoms with Crippen molar-refractivity contribution < 1.29 is 18.6 Å². The molecule has 5 heteroatoms. The van der Waals surface area contributed by atoms with Crippen LogP contribution in [0.3, 0.4) is 0 Å². The Labute approximate surface area is 105 Å². The van der Waals surface area contributed by atoms with Crippen molar-refractivity contribution in [3.05, 3.63) is 42.5 Å². The molecule has 0 amide bonds. The average Bonchev–Trinajstić information content (AvgIpc) is 2.29. The summed E-state index contributed by atoms with van der Waals surface area (Å²) in [6.07, 6.45) is 1.73. The third kappa shape index (κ3) is 5.25. The number of benzene rings is 1. The van der Waals surface area contributed by atoms with Crippen molar-refractivity contribution in [1.29, 1.82) is 0 Å². The first kappa shape index (κ1) is 14.6. The van der Waals surface area contributed by atoms with E-state index in [2.05, 4.69) is 11.3 Å². The first-order chi connectivity index (χ1) is 8.65. The Morgan fingerprint density at radius 1 is 1.44 bits per heavy atom. The van der Waals surface area contributed by atoms with Crippen LogP contribution in [0.15, 0.2) is 36.9 Å². The molecule has 3 nitrogen and oxygen atoms in total. The minimum absolute atomic E-state index is 0.0427. The maximum atomic E-state index is 12.1. The lowest BCUT2D eigenvalue weighted by atomic mass is 10.2. The highest BCUT2D eigenvalue weighted by Crippen LogP contribution is 2.17. The lowest BCUT2D eigenvalue weighted by molar-refractivity contribution is -0.0499. The molecule has 1 aromatic carbocycles. The van der Waals surface area contributed by atoms with Gasteiger partial charge in [-0.05, 0) is 17.7 Å². The van der Waals surface area contributed by atoms with Crippen LogP contribution in [0, 0.1) is 0 Å². The highest BCUT2D eigenvalue weighted by atomic mass is 19.3. The van der Waals surface area contributed by atoms with Gasteiger partial charge in [0.2, 0.25) is 0 Å². The molecule has 0 saturated heterocycles. The van der Waals surface area contributed by atoms with E-state index in [0.29, 0.717) is 19.6 Å². The molecule has 100 valence electrons. The Hall–Kier alpha value is -1.46. The third-order valence-electron chi connectivity index (χ3n) is 2.33. The smallest absolute Gasteiger partial charge is 0.387 e. The second-order valence-electron chi connectivity index (χ2n) is 3.77. The number of hydrogen-bond acceptors (Lipinski definition) is 3. The molecule has 0 aromatic heterocycles. The van der Waals surface area contributed by atoms with Gasteiger partial charge in [0, 0.05) is 19.6 Å². The fourth-order valence-electron chi connectivity index (χ4n) is 1.64. The molecule has 0 fully saturated rings. The molecule has 1 aromatic rings. The minimum Gasteiger partial charge on any atom is -0.435 e. The molecule has 1 N–H and O–H groups in total. The van der Waals surface area contributed by atoms with Crippen LogP contribution >= 0.6 is 0 Å². The maximum absolute atomic E-state index is 12.1. The molecule has 1 rings (SSSR count). The number of alkyl halides is 2. The fraction of sp³-hybridized carbons (Fsp3) is 0.385. The Bertz CT molecular complexity index is 372. The monoisotopic (exact) mass is 257 g/mol. The fourth-order valence-corrected chi connectivity index (χ4v) is 1.64. The SMILES string of the molecule is C=CCN(CCO)Cc1cccc(OC(F)F)c1. The molecule has 0 aliphatic heterocycles. The Morgan fingerprint density at radius 2 is 2.22 bits per heavy atom. The van der Waals surface area contributed by atoms with E-state index in [0.717, 1.165) is 5.56 Å². The van der Waals surface area contributed by atoms with E-state index in [4.69, 9.17) is 5.11 Å². The van der Waals surface area contributed by atoms with E-state index < -0.39 is 6.61 Å². The van der Waals surface area contributed by atoms with Gasteiger partial charge in [-0.3, -0.25) is 4.90 Å². The van der Waals surface area contributed by atoms with Gasteiger partial charge in [0.25, 0.3) is 0 Å². The molecule has 18 heavy (non-hydrogen) atoms. The first-order valence-corrected chi connectivity index (χ1v) is 5.63. The number of ether oxygens (including phenoxy) is 1. The Balaban J connectivity index is 2.66. The molecular weight excluding hydrogens is 240 g/mol. The highest BCUT2D eigenvalue weighted by Gasteiger charge is 2.07. The van der Waals surface area contributed by atoms with Gasteiger partial charge in [-0.15, -0.1) is 6.58 Å². The number of halogens is 2. The summed E-state index contributed by atoms with van der Waals surface area (Å²) < 4.78 is 28.5. The van der Waals surface area contributed by atoms with Gasteiger partial charge in [-0.2, -0.15) is 8.78 Å². The van der Waals surface area contributed by atoms with Crippen molar-refractivity contribution in [1.82, 2.24) is 4.90 Å². The van der Waals surface area contributed by atoms with Crippen molar-refractivity contribution in [2.24, 2.45) is 0 Å². The average molecular weight is 257 g/mol. The van der Waals surface area contributed by atoms with Crippen molar-refractivity contribution in [3.8, 4) is 5.75 Å². The molecule has 0 spiro atoms.